The minimum atomic E-state index is -0.235. The third kappa shape index (κ3) is 6.97. The van der Waals surface area contributed by atoms with Crippen LogP contribution in [-0.4, -0.2) is 49.9 Å². The average Bonchev–Trinajstić information content (AvgIpc) is 3.51. The van der Waals surface area contributed by atoms with Gasteiger partial charge in [-0.1, -0.05) is 25.3 Å². The van der Waals surface area contributed by atoms with Crippen molar-refractivity contribution in [2.24, 2.45) is 0 Å². The Labute approximate surface area is 238 Å². The summed E-state index contributed by atoms with van der Waals surface area (Å²) in [6, 6.07) is 13.0. The number of carbonyl (C=O) groups is 1. The van der Waals surface area contributed by atoms with Gasteiger partial charge in [0.2, 0.25) is 5.95 Å². The highest BCUT2D eigenvalue weighted by Crippen LogP contribution is 2.30. The molecule has 2 aromatic heterocycles. The molecule has 1 aliphatic carbocycles. The van der Waals surface area contributed by atoms with Gasteiger partial charge >= 0.3 is 0 Å². The summed E-state index contributed by atoms with van der Waals surface area (Å²) in [7, 11) is 1.56. The molecule has 1 atom stereocenters. The lowest BCUT2D eigenvalue weighted by Crippen LogP contribution is -2.36. The van der Waals surface area contributed by atoms with Crippen LogP contribution in [0.2, 0.25) is 0 Å². The van der Waals surface area contributed by atoms with Crippen LogP contribution in [0.25, 0.3) is 11.1 Å². The van der Waals surface area contributed by atoms with E-state index in [-0.39, 0.29) is 18.1 Å². The van der Waals surface area contributed by atoms with Gasteiger partial charge in [0.25, 0.3) is 5.91 Å². The van der Waals surface area contributed by atoms with E-state index in [1.807, 2.05) is 19.1 Å². The fraction of sp³-hybridized carbons (Fsp3) is 0.333. The number of hydrogen-bond acceptors (Lipinski definition) is 9. The molecule has 0 radical (unpaired) electrons. The van der Waals surface area contributed by atoms with Crippen molar-refractivity contribution in [2.45, 2.75) is 57.7 Å². The first kappa shape index (κ1) is 27.6. The number of nitrogens with zero attached hydrogens (tertiary/aromatic N) is 6. The third-order valence-corrected chi connectivity index (χ3v) is 6.98. The van der Waals surface area contributed by atoms with Crippen LogP contribution in [-0.2, 0) is 6.54 Å². The molecule has 11 nitrogen and oxygen atoms in total. The van der Waals surface area contributed by atoms with E-state index in [1.165, 1.54) is 12.7 Å². The molecule has 2 N–H and O–H groups in total. The van der Waals surface area contributed by atoms with Crippen LogP contribution in [0.1, 0.15) is 54.9 Å². The van der Waals surface area contributed by atoms with E-state index in [1.54, 1.807) is 54.8 Å². The van der Waals surface area contributed by atoms with Gasteiger partial charge in [-0.3, -0.25) is 4.79 Å². The predicted molar refractivity (Wildman–Crippen MR) is 153 cm³/mol. The molecule has 1 amide bonds. The second-order valence-corrected chi connectivity index (χ2v) is 10.0. The number of anilines is 2. The Kier molecular flexibility index (Phi) is 8.69. The fourth-order valence-electron chi connectivity index (χ4n) is 4.85. The molecular formula is C30H32N8O3. The smallest absolute Gasteiger partial charge is 0.251 e. The van der Waals surface area contributed by atoms with E-state index >= 15 is 0 Å². The third-order valence-electron chi connectivity index (χ3n) is 6.98. The molecule has 0 saturated heterocycles. The SMILES string of the molecule is COc1cc(C(=O)NC2CCCCC2)ccc1Nc1ncc(-c2ccc(C#N)c(OC(C)Cn3cncn3)c2)cn1. The van der Waals surface area contributed by atoms with Gasteiger partial charge in [0.05, 0.1) is 24.9 Å². The Morgan fingerprint density at radius 2 is 1.90 bits per heavy atom. The summed E-state index contributed by atoms with van der Waals surface area (Å²) >= 11 is 0. The van der Waals surface area contributed by atoms with Crippen LogP contribution < -0.4 is 20.1 Å². The maximum absolute atomic E-state index is 12.8. The van der Waals surface area contributed by atoms with Crippen molar-refractivity contribution in [1.82, 2.24) is 30.0 Å². The molecule has 5 rings (SSSR count). The van der Waals surface area contributed by atoms with E-state index in [9.17, 15) is 10.1 Å². The van der Waals surface area contributed by atoms with Gasteiger partial charge < -0.3 is 20.1 Å². The van der Waals surface area contributed by atoms with Crippen molar-refractivity contribution in [2.75, 3.05) is 12.4 Å². The van der Waals surface area contributed by atoms with Gasteiger partial charge in [-0.2, -0.15) is 10.4 Å². The van der Waals surface area contributed by atoms with E-state index in [4.69, 9.17) is 9.47 Å². The average molecular weight is 553 g/mol. The van der Waals surface area contributed by atoms with Gasteiger partial charge in [-0.25, -0.2) is 19.6 Å². The minimum absolute atomic E-state index is 0.0964. The largest absolute Gasteiger partial charge is 0.495 e. The summed E-state index contributed by atoms with van der Waals surface area (Å²) in [5.74, 6) is 1.26. The van der Waals surface area contributed by atoms with Crippen LogP contribution in [0.4, 0.5) is 11.6 Å². The molecule has 41 heavy (non-hydrogen) atoms. The highest BCUT2D eigenvalue weighted by molar-refractivity contribution is 5.95. The van der Waals surface area contributed by atoms with E-state index in [0.717, 1.165) is 36.8 Å². The zero-order valence-corrected chi connectivity index (χ0v) is 23.1. The zero-order chi connectivity index (χ0) is 28.6. The number of hydrogen-bond donors (Lipinski definition) is 2. The summed E-state index contributed by atoms with van der Waals surface area (Å²) in [5.41, 5.74) is 3.19. The molecule has 4 aromatic rings. The standard InChI is InChI=1S/C30H32N8O3/c1-20(17-38-19-32-18-35-38)41-27-12-21(8-9-23(27)14-31)24-15-33-30(34-16-24)37-26-11-10-22(13-28(26)40-2)29(39)36-25-6-4-3-5-7-25/h8-13,15-16,18-20,25H,3-7,17H2,1-2H3,(H,36,39)(H,33,34,37). The Balaban J connectivity index is 1.26. The van der Waals surface area contributed by atoms with Crippen molar-refractivity contribution < 1.29 is 14.3 Å². The molecular weight excluding hydrogens is 520 g/mol. The lowest BCUT2D eigenvalue weighted by molar-refractivity contribution is 0.0927. The van der Waals surface area contributed by atoms with E-state index in [2.05, 4.69) is 36.8 Å². The molecule has 0 bridgehead atoms. The van der Waals surface area contributed by atoms with Gasteiger partial charge in [0.15, 0.2) is 0 Å². The molecule has 1 fully saturated rings. The van der Waals surface area contributed by atoms with Crippen LogP contribution in [0, 0.1) is 11.3 Å². The summed E-state index contributed by atoms with van der Waals surface area (Å²) in [5, 5.41) is 20.0. The summed E-state index contributed by atoms with van der Waals surface area (Å²) in [6.07, 6.45) is 11.8. The molecule has 1 aliphatic rings. The van der Waals surface area contributed by atoms with Crippen LogP contribution in [0.15, 0.2) is 61.4 Å². The Hall–Kier alpha value is -4.98. The van der Waals surface area contributed by atoms with E-state index in [0.29, 0.717) is 40.8 Å². The zero-order valence-electron chi connectivity index (χ0n) is 23.1. The molecule has 0 aliphatic heterocycles. The van der Waals surface area contributed by atoms with Crippen molar-refractivity contribution in [3.05, 3.63) is 72.6 Å². The molecule has 0 spiro atoms. The van der Waals surface area contributed by atoms with Crippen LogP contribution in [0.5, 0.6) is 11.5 Å². The quantitative estimate of drug-likeness (QED) is 0.281. The van der Waals surface area contributed by atoms with Crippen molar-refractivity contribution in [1.29, 1.82) is 5.26 Å². The normalized spacial score (nSPS) is 14.1. The maximum atomic E-state index is 12.8. The van der Waals surface area contributed by atoms with E-state index < -0.39 is 0 Å². The Morgan fingerprint density at radius 3 is 2.61 bits per heavy atom. The second-order valence-electron chi connectivity index (χ2n) is 10.0. The van der Waals surface area contributed by atoms with Gasteiger partial charge in [-0.15, -0.1) is 0 Å². The number of benzene rings is 2. The summed E-state index contributed by atoms with van der Waals surface area (Å²) in [6.45, 7) is 2.40. The molecule has 2 aromatic carbocycles. The topological polar surface area (TPSA) is 140 Å². The number of ether oxygens (including phenoxy) is 2. The van der Waals surface area contributed by atoms with Crippen molar-refractivity contribution in [3.8, 4) is 28.7 Å². The number of methoxy groups -OCH3 is 1. The number of aromatic nitrogens is 5. The highest BCUT2D eigenvalue weighted by atomic mass is 16.5. The Morgan fingerprint density at radius 1 is 1.10 bits per heavy atom. The maximum Gasteiger partial charge on any atom is 0.251 e. The lowest BCUT2D eigenvalue weighted by atomic mass is 9.95. The first-order valence-electron chi connectivity index (χ1n) is 13.6. The Bertz CT molecular complexity index is 1510. The van der Waals surface area contributed by atoms with Crippen LogP contribution >= 0.6 is 0 Å². The highest BCUT2D eigenvalue weighted by Gasteiger charge is 2.18. The minimum Gasteiger partial charge on any atom is -0.495 e. The number of nitriles is 1. The van der Waals surface area contributed by atoms with Crippen LogP contribution in [0.3, 0.4) is 0 Å². The summed E-state index contributed by atoms with van der Waals surface area (Å²) < 4.78 is 13.3. The number of amides is 1. The first-order valence-corrected chi connectivity index (χ1v) is 13.6. The van der Waals surface area contributed by atoms with Gasteiger partial charge in [-0.05, 0) is 55.7 Å². The van der Waals surface area contributed by atoms with Gasteiger partial charge in [0.1, 0.15) is 36.3 Å². The monoisotopic (exact) mass is 552 g/mol. The second kappa shape index (κ2) is 12.9. The molecule has 1 saturated carbocycles. The van der Waals surface area contributed by atoms with Crippen molar-refractivity contribution >= 4 is 17.5 Å². The fourth-order valence-corrected chi connectivity index (χ4v) is 4.85. The lowest BCUT2D eigenvalue weighted by Gasteiger charge is -2.23. The predicted octanol–water partition coefficient (Wildman–Crippen LogP) is 4.89. The van der Waals surface area contributed by atoms with Crippen molar-refractivity contribution in [3.63, 3.8) is 0 Å². The molecule has 2 heterocycles. The molecule has 210 valence electrons. The number of nitrogens with one attached hydrogen (secondary N) is 2. The molecule has 1 unspecified atom stereocenters. The first-order chi connectivity index (χ1) is 20.0. The number of carbonyl (C=O) groups excluding carboxylic acids is 1. The summed E-state index contributed by atoms with van der Waals surface area (Å²) in [4.78, 5) is 25.6. The number of rotatable bonds is 10. The molecule has 11 heteroatoms. The van der Waals surface area contributed by atoms with Gasteiger partial charge in [0, 0.05) is 29.6 Å².